The fourth-order valence-corrected chi connectivity index (χ4v) is 6.98. The summed E-state index contributed by atoms with van der Waals surface area (Å²) in [5.41, 5.74) is 12.0. The molecule has 0 bridgehead atoms. The lowest BCUT2D eigenvalue weighted by Gasteiger charge is -2.41. The first-order valence-electron chi connectivity index (χ1n) is 16.2. The summed E-state index contributed by atoms with van der Waals surface area (Å²) in [6, 6.07) is 13.4. The van der Waals surface area contributed by atoms with E-state index in [-0.39, 0.29) is 5.41 Å². The maximum Gasteiger partial charge on any atom is 0.337 e. The first-order chi connectivity index (χ1) is 20.6. The Morgan fingerprint density at radius 1 is 0.977 bits per heavy atom. The molecule has 0 saturated carbocycles. The molecule has 1 saturated heterocycles. The number of aromatic nitrogens is 1. The fraction of sp³-hybridized carbons (Fsp3) is 0.526. The van der Waals surface area contributed by atoms with E-state index in [1.165, 1.54) is 27.8 Å². The van der Waals surface area contributed by atoms with Crippen LogP contribution in [0.15, 0.2) is 36.4 Å². The van der Waals surface area contributed by atoms with Gasteiger partial charge in [0, 0.05) is 55.2 Å². The van der Waals surface area contributed by atoms with Crippen molar-refractivity contribution in [2.45, 2.75) is 106 Å². The largest absolute Gasteiger partial charge is 0.479 e. The molecule has 6 heteroatoms. The Morgan fingerprint density at radius 3 is 2.25 bits per heavy atom. The number of aliphatic carboxylic acids is 1. The summed E-state index contributed by atoms with van der Waals surface area (Å²) >= 11 is 0. The average molecular weight is 598 g/mol. The van der Waals surface area contributed by atoms with Gasteiger partial charge in [-0.25, -0.2) is 4.79 Å². The number of carboxylic acid groups (broad SMARTS) is 1. The second-order valence-corrected chi connectivity index (χ2v) is 14.8. The van der Waals surface area contributed by atoms with E-state index in [0.717, 1.165) is 80.2 Å². The monoisotopic (exact) mass is 597 g/mol. The standard InChI is InChI=1S/C38H51N3O3/c1-24-11-10-12-25(2)31(24)23-40-18-15-28-21-29(13-14-30(28)22-40)32-26(3)39-27(4)33(35(36(42)43)44-37(5,6)7)34(32)41-19-16-38(8,9)17-20-41/h10-14,21,35H,15-20,22-23H2,1-9H3,(H,42,43). The van der Waals surface area contributed by atoms with Crippen LogP contribution in [0.4, 0.5) is 5.69 Å². The number of carboxylic acids is 1. The molecular formula is C38H51N3O3. The van der Waals surface area contributed by atoms with Crippen molar-refractivity contribution in [3.05, 3.63) is 81.2 Å². The molecule has 0 radical (unpaired) electrons. The number of anilines is 1. The van der Waals surface area contributed by atoms with E-state index in [0.29, 0.717) is 5.56 Å². The summed E-state index contributed by atoms with van der Waals surface area (Å²) in [5, 5.41) is 10.5. The highest BCUT2D eigenvalue weighted by molar-refractivity contribution is 5.88. The minimum Gasteiger partial charge on any atom is -0.479 e. The number of benzene rings is 2. The van der Waals surface area contributed by atoms with Crippen LogP contribution in [0.1, 0.15) is 98.3 Å². The third-order valence-corrected chi connectivity index (χ3v) is 9.58. The molecule has 0 aliphatic carbocycles. The highest BCUT2D eigenvalue weighted by Crippen LogP contribution is 2.45. The van der Waals surface area contributed by atoms with Crippen molar-refractivity contribution in [3.8, 4) is 11.1 Å². The molecule has 0 spiro atoms. The first kappa shape index (κ1) is 32.2. The van der Waals surface area contributed by atoms with Crippen LogP contribution in [0.5, 0.6) is 0 Å². The van der Waals surface area contributed by atoms with E-state index in [4.69, 9.17) is 9.72 Å². The summed E-state index contributed by atoms with van der Waals surface area (Å²) < 4.78 is 6.27. The maximum atomic E-state index is 12.8. The molecule has 44 heavy (non-hydrogen) atoms. The van der Waals surface area contributed by atoms with Crippen molar-refractivity contribution >= 4 is 11.7 Å². The van der Waals surface area contributed by atoms with Crippen molar-refractivity contribution in [3.63, 3.8) is 0 Å². The van der Waals surface area contributed by atoms with Crippen molar-refractivity contribution in [1.82, 2.24) is 9.88 Å². The van der Waals surface area contributed by atoms with Crippen molar-refractivity contribution in [1.29, 1.82) is 0 Å². The lowest BCUT2D eigenvalue weighted by Crippen LogP contribution is -2.39. The van der Waals surface area contributed by atoms with Crippen LogP contribution in [0.2, 0.25) is 0 Å². The van der Waals surface area contributed by atoms with Gasteiger partial charge in [0.15, 0.2) is 6.10 Å². The van der Waals surface area contributed by atoms with Gasteiger partial charge in [0.05, 0.1) is 11.3 Å². The molecule has 236 valence electrons. The molecule has 1 fully saturated rings. The summed E-state index contributed by atoms with van der Waals surface area (Å²) in [6.07, 6.45) is 1.97. The summed E-state index contributed by atoms with van der Waals surface area (Å²) in [6.45, 7) is 23.4. The Morgan fingerprint density at radius 2 is 1.64 bits per heavy atom. The lowest BCUT2D eigenvalue weighted by atomic mass is 9.81. The van der Waals surface area contributed by atoms with Crippen LogP contribution in [-0.2, 0) is 29.0 Å². The molecule has 2 aromatic carbocycles. The zero-order valence-electron chi connectivity index (χ0n) is 28.3. The Labute approximate surface area is 264 Å². The van der Waals surface area contributed by atoms with Gasteiger partial charge >= 0.3 is 5.97 Å². The van der Waals surface area contributed by atoms with E-state index in [1.807, 2.05) is 27.7 Å². The van der Waals surface area contributed by atoms with Gasteiger partial charge in [0.1, 0.15) is 0 Å². The number of nitrogens with zero attached hydrogens (tertiary/aromatic N) is 3. The third-order valence-electron chi connectivity index (χ3n) is 9.58. The Kier molecular flexibility index (Phi) is 8.99. The number of fused-ring (bicyclic) bond motifs is 1. The quantitative estimate of drug-likeness (QED) is 0.297. The lowest BCUT2D eigenvalue weighted by molar-refractivity contribution is -0.160. The molecule has 5 rings (SSSR count). The number of ether oxygens (including phenoxy) is 1. The van der Waals surface area contributed by atoms with Crippen LogP contribution >= 0.6 is 0 Å². The van der Waals surface area contributed by atoms with E-state index in [9.17, 15) is 9.90 Å². The Bertz CT molecular complexity index is 1520. The number of hydrogen-bond donors (Lipinski definition) is 1. The molecule has 1 N–H and O–H groups in total. The highest BCUT2D eigenvalue weighted by Gasteiger charge is 2.36. The smallest absolute Gasteiger partial charge is 0.337 e. The van der Waals surface area contributed by atoms with Crippen LogP contribution < -0.4 is 4.90 Å². The van der Waals surface area contributed by atoms with Gasteiger partial charge in [0.25, 0.3) is 0 Å². The first-order valence-corrected chi connectivity index (χ1v) is 16.2. The summed E-state index contributed by atoms with van der Waals surface area (Å²) in [7, 11) is 0. The molecule has 1 unspecified atom stereocenters. The van der Waals surface area contributed by atoms with E-state index < -0.39 is 17.7 Å². The molecule has 6 nitrogen and oxygen atoms in total. The van der Waals surface area contributed by atoms with Crippen LogP contribution in [0.3, 0.4) is 0 Å². The third kappa shape index (κ3) is 6.87. The topological polar surface area (TPSA) is 65.9 Å². The molecule has 1 aromatic heterocycles. The molecule has 2 aliphatic rings. The Hall–Kier alpha value is -3.22. The molecule has 1 atom stereocenters. The Balaban J connectivity index is 1.57. The van der Waals surface area contributed by atoms with Gasteiger partial charge in [-0.15, -0.1) is 0 Å². The van der Waals surface area contributed by atoms with Crippen molar-refractivity contribution < 1.29 is 14.6 Å². The number of piperidine rings is 1. The van der Waals surface area contributed by atoms with Gasteiger partial charge in [0.2, 0.25) is 0 Å². The zero-order valence-corrected chi connectivity index (χ0v) is 28.3. The second-order valence-electron chi connectivity index (χ2n) is 14.8. The number of rotatable bonds is 7. The van der Waals surface area contributed by atoms with Crippen LogP contribution in [-0.4, -0.2) is 46.2 Å². The van der Waals surface area contributed by atoms with E-state index in [2.05, 4.69) is 80.8 Å². The highest BCUT2D eigenvalue weighted by atomic mass is 16.5. The number of pyridine rings is 1. The van der Waals surface area contributed by atoms with Crippen molar-refractivity contribution in [2.75, 3.05) is 24.5 Å². The van der Waals surface area contributed by atoms with E-state index in [1.54, 1.807) is 0 Å². The SMILES string of the molecule is Cc1cccc(C)c1CN1CCc2cc(-c3c(C)nc(C)c(C(OC(C)(C)C)C(=O)O)c3N3CCC(C)(C)CC3)ccc2C1. The zero-order chi connectivity index (χ0) is 32.0. The predicted octanol–water partition coefficient (Wildman–Crippen LogP) is 8.11. The minimum atomic E-state index is -1.11. The maximum absolute atomic E-state index is 12.8. The van der Waals surface area contributed by atoms with Gasteiger partial charge in [-0.05, 0) is 107 Å². The summed E-state index contributed by atoms with van der Waals surface area (Å²) in [4.78, 5) is 22.8. The molecular weight excluding hydrogens is 546 g/mol. The van der Waals surface area contributed by atoms with Crippen LogP contribution in [0.25, 0.3) is 11.1 Å². The van der Waals surface area contributed by atoms with Crippen molar-refractivity contribution in [2.24, 2.45) is 5.41 Å². The molecule has 3 heterocycles. The number of hydrogen-bond acceptors (Lipinski definition) is 5. The van der Waals surface area contributed by atoms with Gasteiger partial charge in [-0.3, -0.25) is 9.88 Å². The fourth-order valence-electron chi connectivity index (χ4n) is 6.98. The molecule has 0 amide bonds. The van der Waals surface area contributed by atoms with Gasteiger partial charge < -0.3 is 14.7 Å². The molecule has 3 aromatic rings. The molecule has 2 aliphatic heterocycles. The predicted molar refractivity (Wildman–Crippen MR) is 179 cm³/mol. The normalized spacial score (nSPS) is 17.8. The number of aryl methyl sites for hydroxylation is 4. The summed E-state index contributed by atoms with van der Waals surface area (Å²) in [5.74, 6) is -0.979. The van der Waals surface area contributed by atoms with Crippen LogP contribution in [0, 0.1) is 33.1 Å². The van der Waals surface area contributed by atoms with Gasteiger partial charge in [-0.2, -0.15) is 0 Å². The second kappa shape index (κ2) is 12.3. The van der Waals surface area contributed by atoms with Gasteiger partial charge in [-0.1, -0.05) is 50.2 Å². The van der Waals surface area contributed by atoms with E-state index >= 15 is 0 Å². The average Bonchev–Trinajstić information content (AvgIpc) is 2.93. The number of carbonyl (C=O) groups is 1. The minimum absolute atomic E-state index is 0.260.